The fourth-order valence-electron chi connectivity index (χ4n) is 1.50. The summed E-state index contributed by atoms with van der Waals surface area (Å²) in [6.07, 6.45) is 5.23. The zero-order valence-electron chi connectivity index (χ0n) is 9.25. The summed E-state index contributed by atoms with van der Waals surface area (Å²) in [5, 5.41) is 0. The Hall–Kier alpha value is -0.430. The van der Waals surface area contributed by atoms with Crippen LogP contribution in [0.4, 0.5) is 0 Å². The Labute approximate surface area is 92.1 Å². The van der Waals surface area contributed by atoms with E-state index >= 15 is 0 Å². The average Bonchev–Trinajstić information content (AvgIpc) is 2.21. The quantitative estimate of drug-likeness (QED) is 0.489. The predicted octanol–water partition coefficient (Wildman–Crippen LogP) is 4.53. The Balaban J connectivity index is 2.38. The van der Waals surface area contributed by atoms with Gasteiger partial charge in [-0.2, -0.15) is 0 Å². The van der Waals surface area contributed by atoms with Crippen molar-refractivity contribution < 1.29 is 0 Å². The van der Waals surface area contributed by atoms with Crippen molar-refractivity contribution >= 4 is 11.8 Å². The van der Waals surface area contributed by atoms with Gasteiger partial charge in [0.2, 0.25) is 0 Å². The molecule has 0 N–H and O–H groups in total. The Morgan fingerprint density at radius 1 is 1.00 bits per heavy atom. The van der Waals surface area contributed by atoms with Gasteiger partial charge in [-0.25, -0.2) is 0 Å². The topological polar surface area (TPSA) is 0 Å². The van der Waals surface area contributed by atoms with Crippen molar-refractivity contribution in [2.24, 2.45) is 0 Å². The van der Waals surface area contributed by atoms with Crippen molar-refractivity contribution in [1.82, 2.24) is 0 Å². The van der Waals surface area contributed by atoms with Crippen LogP contribution in [0.2, 0.25) is 0 Å². The maximum Gasteiger partial charge on any atom is 0.00720 e. The zero-order valence-corrected chi connectivity index (χ0v) is 10.1. The van der Waals surface area contributed by atoms with Crippen LogP contribution in [-0.4, -0.2) is 5.75 Å². The standard InChI is InChI=1S/C13H20S/c1-3-5-6-7-12-8-10-13(11-9-12)14-4-2/h8-11H,3-7H2,1-2H3. The first kappa shape index (κ1) is 11.6. The van der Waals surface area contributed by atoms with Gasteiger partial charge in [-0.3, -0.25) is 0 Å². The maximum atomic E-state index is 2.27. The minimum absolute atomic E-state index is 1.16. The molecule has 0 unspecified atom stereocenters. The maximum absolute atomic E-state index is 2.27. The predicted molar refractivity (Wildman–Crippen MR) is 66.1 cm³/mol. The summed E-state index contributed by atoms with van der Waals surface area (Å²) in [5.41, 5.74) is 1.49. The van der Waals surface area contributed by atoms with E-state index in [9.17, 15) is 0 Å². The van der Waals surface area contributed by atoms with Gasteiger partial charge in [0, 0.05) is 4.90 Å². The van der Waals surface area contributed by atoms with Gasteiger partial charge in [0.1, 0.15) is 0 Å². The molecule has 0 aliphatic rings. The molecule has 0 aromatic heterocycles. The van der Waals surface area contributed by atoms with Crippen molar-refractivity contribution in [3.05, 3.63) is 29.8 Å². The first-order valence-electron chi connectivity index (χ1n) is 5.58. The van der Waals surface area contributed by atoms with Gasteiger partial charge in [-0.1, -0.05) is 38.8 Å². The third kappa shape index (κ3) is 4.19. The molecule has 0 bridgehead atoms. The molecule has 0 saturated carbocycles. The summed E-state index contributed by atoms with van der Waals surface area (Å²) in [6, 6.07) is 9.03. The van der Waals surface area contributed by atoms with Gasteiger partial charge >= 0.3 is 0 Å². The summed E-state index contributed by atoms with van der Waals surface area (Å²) in [6.45, 7) is 4.45. The Morgan fingerprint density at radius 2 is 1.71 bits per heavy atom. The molecule has 78 valence electrons. The van der Waals surface area contributed by atoms with E-state index in [0.29, 0.717) is 0 Å². The van der Waals surface area contributed by atoms with E-state index in [0.717, 1.165) is 5.75 Å². The molecule has 0 amide bonds. The van der Waals surface area contributed by atoms with Gasteiger partial charge < -0.3 is 0 Å². The molecule has 1 aromatic carbocycles. The lowest BCUT2D eigenvalue weighted by molar-refractivity contribution is 0.717. The molecule has 0 atom stereocenters. The van der Waals surface area contributed by atoms with Crippen LogP contribution in [0.3, 0.4) is 0 Å². The van der Waals surface area contributed by atoms with Crippen LogP contribution in [-0.2, 0) is 6.42 Å². The molecule has 1 heteroatoms. The molecule has 0 radical (unpaired) electrons. The van der Waals surface area contributed by atoms with Gasteiger partial charge in [0.15, 0.2) is 0 Å². The molecule has 0 aliphatic carbocycles. The Bertz CT molecular complexity index is 238. The van der Waals surface area contributed by atoms with E-state index in [-0.39, 0.29) is 0 Å². The van der Waals surface area contributed by atoms with Gasteiger partial charge in [0.05, 0.1) is 0 Å². The van der Waals surface area contributed by atoms with Gasteiger partial charge in [-0.15, -0.1) is 11.8 Å². The van der Waals surface area contributed by atoms with Crippen LogP contribution in [0.1, 0.15) is 38.7 Å². The first-order valence-corrected chi connectivity index (χ1v) is 6.57. The first-order chi connectivity index (χ1) is 6.86. The van der Waals surface area contributed by atoms with Crippen LogP contribution in [0.15, 0.2) is 29.2 Å². The van der Waals surface area contributed by atoms with E-state index < -0.39 is 0 Å². The summed E-state index contributed by atoms with van der Waals surface area (Å²) in [5.74, 6) is 1.16. The number of hydrogen-bond donors (Lipinski definition) is 0. The molecule has 0 fully saturated rings. The fourth-order valence-corrected chi connectivity index (χ4v) is 2.16. The van der Waals surface area contributed by atoms with Crippen molar-refractivity contribution in [1.29, 1.82) is 0 Å². The lowest BCUT2D eigenvalue weighted by atomic mass is 10.1. The second kappa shape index (κ2) is 6.94. The molecular weight excluding hydrogens is 188 g/mol. The second-order valence-corrected chi connectivity index (χ2v) is 4.87. The minimum atomic E-state index is 1.16. The second-order valence-electron chi connectivity index (χ2n) is 3.53. The highest BCUT2D eigenvalue weighted by atomic mass is 32.2. The van der Waals surface area contributed by atoms with Crippen LogP contribution in [0, 0.1) is 0 Å². The van der Waals surface area contributed by atoms with Crippen LogP contribution in [0.5, 0.6) is 0 Å². The van der Waals surface area contributed by atoms with E-state index in [4.69, 9.17) is 0 Å². The fraction of sp³-hybridized carbons (Fsp3) is 0.538. The van der Waals surface area contributed by atoms with Crippen LogP contribution < -0.4 is 0 Å². The summed E-state index contributed by atoms with van der Waals surface area (Å²) in [7, 11) is 0. The summed E-state index contributed by atoms with van der Waals surface area (Å²) < 4.78 is 0. The van der Waals surface area contributed by atoms with E-state index in [2.05, 4.69) is 38.1 Å². The molecule has 1 rings (SSSR count). The van der Waals surface area contributed by atoms with Gasteiger partial charge in [0.25, 0.3) is 0 Å². The summed E-state index contributed by atoms with van der Waals surface area (Å²) >= 11 is 1.91. The average molecular weight is 208 g/mol. The molecule has 14 heavy (non-hydrogen) atoms. The van der Waals surface area contributed by atoms with E-state index in [1.807, 2.05) is 11.8 Å². The van der Waals surface area contributed by atoms with E-state index in [1.54, 1.807) is 0 Å². The molecular formula is C13H20S. The third-order valence-electron chi connectivity index (χ3n) is 2.30. The molecule has 0 heterocycles. The van der Waals surface area contributed by atoms with Crippen molar-refractivity contribution in [3.63, 3.8) is 0 Å². The van der Waals surface area contributed by atoms with E-state index in [1.165, 1.54) is 36.1 Å². The SMILES string of the molecule is CCCCCc1ccc(SCC)cc1. The van der Waals surface area contributed by atoms with Crippen LogP contribution in [0.25, 0.3) is 0 Å². The molecule has 0 spiro atoms. The van der Waals surface area contributed by atoms with Gasteiger partial charge in [-0.05, 0) is 36.3 Å². The molecule has 0 saturated heterocycles. The number of benzene rings is 1. The number of thioether (sulfide) groups is 1. The van der Waals surface area contributed by atoms with Crippen molar-refractivity contribution in [2.75, 3.05) is 5.75 Å². The molecule has 0 nitrogen and oxygen atoms in total. The minimum Gasteiger partial charge on any atom is -0.126 e. The highest BCUT2D eigenvalue weighted by molar-refractivity contribution is 7.99. The number of rotatable bonds is 6. The normalized spacial score (nSPS) is 10.4. The number of hydrogen-bond acceptors (Lipinski definition) is 1. The lowest BCUT2D eigenvalue weighted by Crippen LogP contribution is -1.85. The monoisotopic (exact) mass is 208 g/mol. The Morgan fingerprint density at radius 3 is 2.29 bits per heavy atom. The number of unbranched alkanes of at least 4 members (excludes halogenated alkanes) is 2. The van der Waals surface area contributed by atoms with Crippen molar-refractivity contribution in [2.45, 2.75) is 44.4 Å². The largest absolute Gasteiger partial charge is 0.126 e. The third-order valence-corrected chi connectivity index (χ3v) is 3.20. The molecule has 1 aromatic rings. The highest BCUT2D eigenvalue weighted by Crippen LogP contribution is 2.18. The van der Waals surface area contributed by atoms with Crippen molar-refractivity contribution in [3.8, 4) is 0 Å². The highest BCUT2D eigenvalue weighted by Gasteiger charge is 1.94. The zero-order chi connectivity index (χ0) is 10.2. The lowest BCUT2D eigenvalue weighted by Gasteiger charge is -2.02. The molecule has 0 aliphatic heterocycles. The smallest absolute Gasteiger partial charge is 0.00720 e. The number of aryl methyl sites for hydroxylation is 1. The van der Waals surface area contributed by atoms with Crippen LogP contribution >= 0.6 is 11.8 Å². The Kier molecular flexibility index (Phi) is 5.77. The summed E-state index contributed by atoms with van der Waals surface area (Å²) in [4.78, 5) is 1.40.